The van der Waals surface area contributed by atoms with Crippen LogP contribution in [0.4, 0.5) is 0 Å². The maximum atomic E-state index is 4.63. The van der Waals surface area contributed by atoms with Crippen molar-refractivity contribution in [2.75, 3.05) is 0 Å². The Hall–Kier alpha value is -2.44. The molecule has 2 aromatic carbocycles. The van der Waals surface area contributed by atoms with Gasteiger partial charge in [0.2, 0.25) is 5.16 Å². The number of fused-ring (bicyclic) bond motifs is 1. The summed E-state index contributed by atoms with van der Waals surface area (Å²) in [5, 5.41) is 9.03. The smallest absolute Gasteiger partial charge is 0.209 e. The first-order chi connectivity index (χ1) is 11.9. The lowest BCUT2D eigenvalue weighted by molar-refractivity contribution is 0.972. The van der Waals surface area contributed by atoms with E-state index in [0.29, 0.717) is 0 Å². The Balaban J connectivity index is 1.41. The van der Waals surface area contributed by atoms with Crippen LogP contribution in [0.15, 0.2) is 59.8 Å². The molecule has 4 rings (SSSR count). The molecule has 0 saturated heterocycles. The number of para-hydroxylation sites is 1. The molecule has 0 aliphatic heterocycles. The van der Waals surface area contributed by atoms with Gasteiger partial charge >= 0.3 is 0 Å². The number of benzene rings is 2. The third-order valence-electron chi connectivity index (χ3n) is 3.38. The fourth-order valence-electron chi connectivity index (χ4n) is 2.24. The molecule has 0 aliphatic rings. The molecule has 1 N–H and O–H groups in total. The number of aromatic nitrogens is 4. The summed E-state index contributed by atoms with van der Waals surface area (Å²) in [5.74, 6) is 1.53. The molecule has 0 saturated carbocycles. The monoisotopic (exact) mass is 350 g/mol. The van der Waals surface area contributed by atoms with Crippen LogP contribution in [0.5, 0.6) is 0 Å². The zero-order valence-corrected chi connectivity index (χ0v) is 14.3. The minimum atomic E-state index is 0.738. The predicted molar refractivity (Wildman–Crippen MR) is 101 cm³/mol. The summed E-state index contributed by atoms with van der Waals surface area (Å²) in [5.41, 5.74) is 2.19. The average molecular weight is 350 g/mol. The van der Waals surface area contributed by atoms with Crippen molar-refractivity contribution in [1.29, 1.82) is 0 Å². The van der Waals surface area contributed by atoms with E-state index in [1.807, 2.05) is 48.6 Å². The molecule has 0 amide bonds. The Morgan fingerprint density at radius 1 is 0.958 bits per heavy atom. The van der Waals surface area contributed by atoms with Gasteiger partial charge in [0.1, 0.15) is 10.8 Å². The lowest BCUT2D eigenvalue weighted by Crippen LogP contribution is -1.80. The third-order valence-corrected chi connectivity index (χ3v) is 5.46. The second-order valence-corrected chi connectivity index (χ2v) is 7.17. The van der Waals surface area contributed by atoms with Crippen LogP contribution < -0.4 is 0 Å². The molecule has 118 valence electrons. The maximum absolute atomic E-state index is 4.63. The molecule has 0 fully saturated rings. The number of hydrogen-bond acceptors (Lipinski definition) is 5. The molecular formula is C18H14N4S2. The Morgan fingerprint density at radius 3 is 2.67 bits per heavy atom. The summed E-state index contributed by atoms with van der Waals surface area (Å²) in [6.07, 6.45) is 3.95. The molecular weight excluding hydrogens is 336 g/mol. The number of rotatable bonds is 5. The standard InChI is InChI=1S/C18H14N4S2/c1-2-6-13(7-3-1)10-11-16-20-18(22-21-16)23-12-17-19-14-8-4-5-9-15(14)24-17/h1-11H,12H2,(H,20,21,22)/b11-10+. The Bertz CT molecular complexity index is 940. The van der Waals surface area contributed by atoms with E-state index >= 15 is 0 Å². The fourth-order valence-corrected chi connectivity index (χ4v) is 4.01. The second-order valence-electron chi connectivity index (χ2n) is 5.11. The van der Waals surface area contributed by atoms with Gasteiger partial charge in [0, 0.05) is 0 Å². The highest BCUT2D eigenvalue weighted by Crippen LogP contribution is 2.26. The summed E-state index contributed by atoms with van der Waals surface area (Å²) in [4.78, 5) is 9.11. The first-order valence-electron chi connectivity index (χ1n) is 7.49. The largest absolute Gasteiger partial charge is 0.259 e. The quantitative estimate of drug-likeness (QED) is 0.521. The second kappa shape index (κ2) is 6.98. The van der Waals surface area contributed by atoms with Crippen LogP contribution >= 0.6 is 23.1 Å². The van der Waals surface area contributed by atoms with Crippen molar-refractivity contribution in [3.8, 4) is 0 Å². The molecule has 0 unspecified atom stereocenters. The van der Waals surface area contributed by atoms with Gasteiger partial charge in [0.15, 0.2) is 0 Å². The first kappa shape index (κ1) is 15.1. The van der Waals surface area contributed by atoms with E-state index in [1.165, 1.54) is 4.70 Å². The molecule has 24 heavy (non-hydrogen) atoms. The molecule has 2 aromatic heterocycles. The highest BCUT2D eigenvalue weighted by molar-refractivity contribution is 7.98. The fraction of sp³-hybridized carbons (Fsp3) is 0.0556. The van der Waals surface area contributed by atoms with Crippen LogP contribution in [-0.2, 0) is 5.75 Å². The van der Waals surface area contributed by atoms with Crippen LogP contribution in [-0.4, -0.2) is 20.2 Å². The van der Waals surface area contributed by atoms with Gasteiger partial charge in [0.05, 0.1) is 16.0 Å². The number of hydrogen-bond donors (Lipinski definition) is 1. The minimum absolute atomic E-state index is 0.738. The van der Waals surface area contributed by atoms with E-state index in [2.05, 4.69) is 38.4 Å². The number of nitrogens with zero attached hydrogens (tertiary/aromatic N) is 3. The zero-order chi connectivity index (χ0) is 16.2. The van der Waals surface area contributed by atoms with Gasteiger partial charge in [-0.2, -0.15) is 0 Å². The van der Waals surface area contributed by atoms with Crippen molar-refractivity contribution in [2.24, 2.45) is 0 Å². The molecule has 6 heteroatoms. The molecule has 2 heterocycles. The van der Waals surface area contributed by atoms with Crippen LogP contribution in [0.25, 0.3) is 22.4 Å². The number of thiazole rings is 1. The van der Waals surface area contributed by atoms with Crippen molar-refractivity contribution >= 4 is 45.5 Å². The first-order valence-corrected chi connectivity index (χ1v) is 9.30. The Kier molecular flexibility index (Phi) is 4.40. The molecule has 0 radical (unpaired) electrons. The van der Waals surface area contributed by atoms with Crippen LogP contribution in [0.2, 0.25) is 0 Å². The Morgan fingerprint density at radius 2 is 1.79 bits per heavy atom. The number of H-pyrrole nitrogens is 1. The van der Waals surface area contributed by atoms with Gasteiger partial charge in [0.25, 0.3) is 0 Å². The minimum Gasteiger partial charge on any atom is -0.259 e. The van der Waals surface area contributed by atoms with E-state index in [0.717, 1.165) is 32.8 Å². The summed E-state index contributed by atoms with van der Waals surface area (Å²) in [6.45, 7) is 0. The van der Waals surface area contributed by atoms with Gasteiger partial charge in [-0.1, -0.05) is 60.3 Å². The van der Waals surface area contributed by atoms with Crippen LogP contribution in [0.1, 0.15) is 16.4 Å². The van der Waals surface area contributed by atoms with Gasteiger partial charge in [-0.05, 0) is 23.8 Å². The topological polar surface area (TPSA) is 54.5 Å². The van der Waals surface area contributed by atoms with E-state index < -0.39 is 0 Å². The Labute approximate surface area is 147 Å². The molecule has 0 bridgehead atoms. The van der Waals surface area contributed by atoms with Crippen molar-refractivity contribution < 1.29 is 0 Å². The average Bonchev–Trinajstić information content (AvgIpc) is 3.25. The SMILES string of the molecule is C(=C\c1nc(SCc2nc3ccccc3s2)n[nH]1)/c1ccccc1. The number of thioether (sulfide) groups is 1. The summed E-state index contributed by atoms with van der Waals surface area (Å²) < 4.78 is 1.22. The van der Waals surface area contributed by atoms with Crippen molar-refractivity contribution in [3.63, 3.8) is 0 Å². The zero-order valence-electron chi connectivity index (χ0n) is 12.7. The highest BCUT2D eigenvalue weighted by atomic mass is 32.2. The molecule has 0 aliphatic carbocycles. The van der Waals surface area contributed by atoms with Crippen molar-refractivity contribution in [2.45, 2.75) is 10.9 Å². The van der Waals surface area contributed by atoms with Gasteiger partial charge in [-0.25, -0.2) is 9.97 Å². The molecule has 4 nitrogen and oxygen atoms in total. The molecule has 0 spiro atoms. The summed E-state index contributed by atoms with van der Waals surface area (Å²) >= 11 is 3.31. The highest BCUT2D eigenvalue weighted by Gasteiger charge is 2.06. The van der Waals surface area contributed by atoms with Gasteiger partial charge in [-0.15, -0.1) is 16.4 Å². The van der Waals surface area contributed by atoms with Crippen LogP contribution in [0, 0.1) is 0 Å². The van der Waals surface area contributed by atoms with E-state index in [9.17, 15) is 0 Å². The molecule has 4 aromatic rings. The predicted octanol–water partition coefficient (Wildman–Crippen LogP) is 4.88. The number of nitrogens with one attached hydrogen (secondary N) is 1. The van der Waals surface area contributed by atoms with E-state index in [-0.39, 0.29) is 0 Å². The normalized spacial score (nSPS) is 11.5. The lowest BCUT2D eigenvalue weighted by atomic mass is 10.2. The third kappa shape index (κ3) is 3.55. The van der Waals surface area contributed by atoms with Crippen molar-refractivity contribution in [1.82, 2.24) is 20.2 Å². The van der Waals surface area contributed by atoms with E-state index in [4.69, 9.17) is 0 Å². The lowest BCUT2D eigenvalue weighted by Gasteiger charge is -1.91. The molecule has 0 atom stereocenters. The van der Waals surface area contributed by atoms with Crippen LogP contribution in [0.3, 0.4) is 0 Å². The maximum Gasteiger partial charge on any atom is 0.209 e. The summed E-state index contributed by atoms with van der Waals surface area (Å²) in [7, 11) is 0. The van der Waals surface area contributed by atoms with Gasteiger partial charge < -0.3 is 0 Å². The van der Waals surface area contributed by atoms with Crippen molar-refractivity contribution in [3.05, 3.63) is 71.0 Å². The van der Waals surface area contributed by atoms with Gasteiger partial charge in [-0.3, -0.25) is 5.10 Å². The number of aromatic amines is 1. The summed E-state index contributed by atoms with van der Waals surface area (Å²) in [6, 6.07) is 18.3. The van der Waals surface area contributed by atoms with E-state index in [1.54, 1.807) is 23.1 Å².